The molecule has 1 aliphatic heterocycles. The van der Waals surface area contributed by atoms with Crippen molar-refractivity contribution in [3.8, 4) is 0 Å². The van der Waals surface area contributed by atoms with Crippen LogP contribution in [0.2, 0.25) is 0 Å². The Morgan fingerprint density at radius 2 is 2.14 bits per heavy atom. The van der Waals surface area contributed by atoms with Crippen LogP contribution in [0.25, 0.3) is 0 Å². The molecule has 0 aromatic heterocycles. The Morgan fingerprint density at radius 3 is 2.67 bits per heavy atom. The summed E-state index contributed by atoms with van der Waals surface area (Å²) in [6.45, 7) is 6.42. The fraction of sp³-hybridized carbons (Fsp3) is 0.800. The average molecular weight is 295 g/mol. The lowest BCUT2D eigenvalue weighted by Crippen LogP contribution is -2.43. The van der Waals surface area contributed by atoms with Gasteiger partial charge in [0, 0.05) is 19.0 Å². The number of rotatable bonds is 7. The van der Waals surface area contributed by atoms with Crippen LogP contribution in [-0.4, -0.2) is 41.4 Å². The Balaban J connectivity index is 1.72. The van der Waals surface area contributed by atoms with Crippen molar-refractivity contribution in [3.63, 3.8) is 0 Å². The van der Waals surface area contributed by atoms with Crippen LogP contribution < -0.4 is 10.6 Å². The maximum atomic E-state index is 12.2. The Bertz CT molecular complexity index is 447. The molecule has 1 saturated heterocycles. The van der Waals surface area contributed by atoms with Crippen molar-refractivity contribution >= 4 is 17.8 Å². The van der Waals surface area contributed by atoms with Gasteiger partial charge in [-0.05, 0) is 38.5 Å². The van der Waals surface area contributed by atoms with Gasteiger partial charge in [0.2, 0.25) is 5.91 Å². The van der Waals surface area contributed by atoms with Gasteiger partial charge < -0.3 is 10.6 Å². The fourth-order valence-electron chi connectivity index (χ4n) is 2.61. The quantitative estimate of drug-likeness (QED) is 0.548. The van der Waals surface area contributed by atoms with Gasteiger partial charge in [0.15, 0.2) is 0 Å². The fourth-order valence-corrected chi connectivity index (χ4v) is 2.61. The van der Waals surface area contributed by atoms with E-state index in [1.807, 2.05) is 13.8 Å². The number of carbonyl (C=O) groups excluding carboxylic acids is 3. The zero-order chi connectivity index (χ0) is 15.6. The number of amides is 4. The molecule has 0 bridgehead atoms. The minimum Gasteiger partial charge on any atom is -0.356 e. The van der Waals surface area contributed by atoms with E-state index in [0.717, 1.165) is 12.8 Å². The molecule has 2 N–H and O–H groups in total. The van der Waals surface area contributed by atoms with Crippen molar-refractivity contribution in [1.82, 2.24) is 15.5 Å². The lowest BCUT2D eigenvalue weighted by Gasteiger charge is -2.19. The second-order valence-electron chi connectivity index (χ2n) is 6.34. The Hall–Kier alpha value is -1.59. The van der Waals surface area contributed by atoms with E-state index in [0.29, 0.717) is 31.8 Å². The van der Waals surface area contributed by atoms with Gasteiger partial charge in [-0.15, -0.1) is 0 Å². The Labute approximate surface area is 125 Å². The van der Waals surface area contributed by atoms with Crippen molar-refractivity contribution in [1.29, 1.82) is 0 Å². The van der Waals surface area contributed by atoms with E-state index in [2.05, 4.69) is 10.6 Å². The van der Waals surface area contributed by atoms with E-state index in [4.69, 9.17) is 0 Å². The van der Waals surface area contributed by atoms with Crippen molar-refractivity contribution in [3.05, 3.63) is 0 Å². The number of hydrogen-bond donors (Lipinski definition) is 2. The number of nitrogens with one attached hydrogen (secondary N) is 2. The predicted molar refractivity (Wildman–Crippen MR) is 78.5 cm³/mol. The third-order valence-electron chi connectivity index (χ3n) is 4.65. The van der Waals surface area contributed by atoms with Crippen LogP contribution in [0.5, 0.6) is 0 Å². The number of carbonyl (C=O) groups is 3. The maximum Gasteiger partial charge on any atom is 0.325 e. The highest BCUT2D eigenvalue weighted by Crippen LogP contribution is 2.36. The van der Waals surface area contributed by atoms with Crippen LogP contribution in [0.4, 0.5) is 4.79 Å². The molecule has 0 aromatic carbocycles. The zero-order valence-corrected chi connectivity index (χ0v) is 13.1. The molecule has 21 heavy (non-hydrogen) atoms. The molecule has 6 nitrogen and oxygen atoms in total. The van der Waals surface area contributed by atoms with E-state index in [1.165, 1.54) is 4.90 Å². The SMILES string of the molecule is CC[C@]1(C)NC(=O)N(CCCNC(=O)[C@@H](C)C2CC2)C1=O. The van der Waals surface area contributed by atoms with Gasteiger partial charge in [-0.25, -0.2) is 4.79 Å². The highest BCUT2D eigenvalue weighted by atomic mass is 16.2. The highest BCUT2D eigenvalue weighted by molar-refractivity contribution is 6.06. The minimum atomic E-state index is -0.777. The topological polar surface area (TPSA) is 78.5 Å². The molecule has 2 rings (SSSR count). The second kappa shape index (κ2) is 6.03. The molecular formula is C15H25N3O3. The van der Waals surface area contributed by atoms with Crippen LogP contribution in [0.3, 0.4) is 0 Å². The van der Waals surface area contributed by atoms with Gasteiger partial charge in [0.25, 0.3) is 5.91 Å². The van der Waals surface area contributed by atoms with Crippen LogP contribution >= 0.6 is 0 Å². The standard InChI is InChI=1S/C15H25N3O3/c1-4-15(3)13(20)18(14(21)17-15)9-5-8-16-12(19)10(2)11-6-7-11/h10-11H,4-9H2,1-3H3,(H,16,19)(H,17,21)/t10-,15-/m0/s1. The largest absolute Gasteiger partial charge is 0.356 e. The average Bonchev–Trinajstić information content (AvgIpc) is 3.26. The molecule has 1 aliphatic carbocycles. The summed E-state index contributed by atoms with van der Waals surface area (Å²) < 4.78 is 0. The molecule has 118 valence electrons. The molecule has 6 heteroatoms. The van der Waals surface area contributed by atoms with E-state index in [9.17, 15) is 14.4 Å². The van der Waals surface area contributed by atoms with Gasteiger partial charge in [-0.1, -0.05) is 13.8 Å². The first kappa shape index (κ1) is 15.8. The zero-order valence-electron chi connectivity index (χ0n) is 13.1. The third kappa shape index (κ3) is 3.36. The predicted octanol–water partition coefficient (Wildman–Crippen LogP) is 1.26. The van der Waals surface area contributed by atoms with Crippen LogP contribution in [0.1, 0.15) is 46.5 Å². The molecule has 1 saturated carbocycles. The van der Waals surface area contributed by atoms with Crippen molar-refractivity contribution in [2.45, 2.75) is 52.0 Å². The normalized spacial score (nSPS) is 26.7. The molecule has 0 unspecified atom stereocenters. The van der Waals surface area contributed by atoms with Crippen molar-refractivity contribution in [2.75, 3.05) is 13.1 Å². The molecule has 2 atom stereocenters. The van der Waals surface area contributed by atoms with Gasteiger partial charge >= 0.3 is 6.03 Å². The van der Waals surface area contributed by atoms with E-state index in [-0.39, 0.29) is 23.8 Å². The van der Waals surface area contributed by atoms with Crippen LogP contribution in [0.15, 0.2) is 0 Å². The Kier molecular flexibility index (Phi) is 4.54. The number of imide groups is 1. The van der Waals surface area contributed by atoms with Crippen molar-refractivity contribution in [2.24, 2.45) is 11.8 Å². The summed E-state index contributed by atoms with van der Waals surface area (Å²) in [6.07, 6.45) is 3.45. The summed E-state index contributed by atoms with van der Waals surface area (Å²) in [5.41, 5.74) is -0.777. The first-order valence-corrected chi connectivity index (χ1v) is 7.81. The summed E-state index contributed by atoms with van der Waals surface area (Å²) in [6, 6.07) is -0.331. The summed E-state index contributed by atoms with van der Waals surface area (Å²) in [5.74, 6) is 0.520. The molecule has 0 radical (unpaired) electrons. The Morgan fingerprint density at radius 1 is 1.48 bits per heavy atom. The maximum absolute atomic E-state index is 12.2. The third-order valence-corrected chi connectivity index (χ3v) is 4.65. The second-order valence-corrected chi connectivity index (χ2v) is 6.34. The molecular weight excluding hydrogens is 270 g/mol. The number of urea groups is 1. The summed E-state index contributed by atoms with van der Waals surface area (Å²) >= 11 is 0. The van der Waals surface area contributed by atoms with Gasteiger partial charge in [0.1, 0.15) is 5.54 Å². The van der Waals surface area contributed by atoms with E-state index in [1.54, 1.807) is 6.92 Å². The van der Waals surface area contributed by atoms with Crippen LogP contribution in [-0.2, 0) is 9.59 Å². The molecule has 2 fully saturated rings. The lowest BCUT2D eigenvalue weighted by atomic mass is 9.99. The van der Waals surface area contributed by atoms with E-state index >= 15 is 0 Å². The minimum absolute atomic E-state index is 0.0742. The first-order chi connectivity index (χ1) is 9.89. The van der Waals surface area contributed by atoms with Crippen LogP contribution in [0, 0.1) is 11.8 Å². The summed E-state index contributed by atoms with van der Waals surface area (Å²) in [5, 5.41) is 5.60. The first-order valence-electron chi connectivity index (χ1n) is 7.81. The lowest BCUT2D eigenvalue weighted by molar-refractivity contribution is -0.130. The molecule has 1 heterocycles. The molecule has 2 aliphatic rings. The van der Waals surface area contributed by atoms with E-state index < -0.39 is 5.54 Å². The van der Waals surface area contributed by atoms with Crippen molar-refractivity contribution < 1.29 is 14.4 Å². The van der Waals surface area contributed by atoms with Gasteiger partial charge in [-0.2, -0.15) is 0 Å². The molecule has 4 amide bonds. The smallest absolute Gasteiger partial charge is 0.325 e. The summed E-state index contributed by atoms with van der Waals surface area (Å²) in [4.78, 5) is 37.0. The molecule has 0 spiro atoms. The highest BCUT2D eigenvalue weighted by Gasteiger charge is 2.45. The van der Waals surface area contributed by atoms with Gasteiger partial charge in [-0.3, -0.25) is 14.5 Å². The number of nitrogens with zero attached hydrogens (tertiary/aromatic N) is 1. The van der Waals surface area contributed by atoms with Gasteiger partial charge in [0.05, 0.1) is 0 Å². The summed E-state index contributed by atoms with van der Waals surface area (Å²) in [7, 11) is 0. The molecule has 0 aromatic rings. The number of hydrogen-bond acceptors (Lipinski definition) is 3. The monoisotopic (exact) mass is 295 g/mol.